The normalized spacial score (nSPS) is 18.4. The summed E-state index contributed by atoms with van der Waals surface area (Å²) >= 11 is 8.02. The van der Waals surface area contributed by atoms with Gasteiger partial charge in [-0.1, -0.05) is 11.6 Å². The van der Waals surface area contributed by atoms with Gasteiger partial charge in [0.1, 0.15) is 11.5 Å². The Hall–Kier alpha value is -5.22. The zero-order chi connectivity index (χ0) is 40.3. The highest BCUT2D eigenvalue weighted by atomic mass is 35.5. The Morgan fingerprint density at radius 3 is 2.25 bits per heavy atom. The smallest absolute Gasteiger partial charge is 0.328 e. The Morgan fingerprint density at radius 2 is 1.54 bits per heavy atom. The number of rotatable bonds is 11. The van der Waals surface area contributed by atoms with Gasteiger partial charge in [-0.3, -0.25) is 24.9 Å². The summed E-state index contributed by atoms with van der Waals surface area (Å²) in [7, 11) is 0. The van der Waals surface area contributed by atoms with Crippen molar-refractivity contribution in [2.24, 2.45) is 5.92 Å². The van der Waals surface area contributed by atoms with Crippen molar-refractivity contribution in [2.45, 2.75) is 32.1 Å². The van der Waals surface area contributed by atoms with Gasteiger partial charge in [0.2, 0.25) is 5.91 Å². The SMILES string of the molecule is O=C1CCN(c2ccc(N3CCC(CN4CCN(c5ccc(-n6cc(-c7cc(Cl)cc(NSN8CCCC8)c7F)c(-c7ccncc7)n6)cc5)CC4)CC3)nc2)C(=O)N1. The van der Waals surface area contributed by atoms with Gasteiger partial charge in [-0.15, -0.1) is 0 Å². The third-order valence-electron chi connectivity index (χ3n) is 11.7. The number of nitrogens with one attached hydrogen (secondary N) is 2. The molecule has 9 rings (SSSR count). The highest BCUT2D eigenvalue weighted by molar-refractivity contribution is 7.98. The third-order valence-corrected chi connectivity index (χ3v) is 12.9. The van der Waals surface area contributed by atoms with Crippen molar-refractivity contribution in [2.75, 3.05) is 84.9 Å². The molecule has 0 saturated carbocycles. The molecule has 4 fully saturated rings. The van der Waals surface area contributed by atoms with Crippen LogP contribution >= 0.6 is 23.7 Å². The van der Waals surface area contributed by atoms with E-state index in [0.717, 1.165) is 102 Å². The largest absolute Gasteiger partial charge is 0.369 e. The molecular formula is C43H47ClFN11O2S. The average Bonchev–Trinajstić information content (AvgIpc) is 3.96. The number of urea groups is 1. The molecule has 2 aromatic carbocycles. The first-order valence-electron chi connectivity index (χ1n) is 20.4. The van der Waals surface area contributed by atoms with Gasteiger partial charge in [0.25, 0.3) is 0 Å². The fraction of sp³-hybridized carbons (Fsp3) is 0.372. The van der Waals surface area contributed by atoms with Gasteiger partial charge >= 0.3 is 6.03 Å². The number of imide groups is 1. The van der Waals surface area contributed by atoms with Crippen LogP contribution in [0.15, 0.2) is 85.5 Å². The van der Waals surface area contributed by atoms with E-state index in [2.05, 4.69) is 63.3 Å². The van der Waals surface area contributed by atoms with Crippen LogP contribution in [0.25, 0.3) is 28.1 Å². The van der Waals surface area contributed by atoms with E-state index in [4.69, 9.17) is 16.7 Å². The molecule has 13 nitrogen and oxygen atoms in total. The molecule has 0 bridgehead atoms. The van der Waals surface area contributed by atoms with E-state index < -0.39 is 6.03 Å². The summed E-state index contributed by atoms with van der Waals surface area (Å²) in [5.74, 6) is 0.947. The molecule has 7 heterocycles. The summed E-state index contributed by atoms with van der Waals surface area (Å²) in [6.45, 7) is 9.24. The lowest BCUT2D eigenvalue weighted by Gasteiger charge is -2.40. The number of pyridine rings is 2. The maximum absolute atomic E-state index is 16.3. The molecule has 3 amide bonds. The number of amides is 3. The number of carbonyl (C=O) groups is 2. The van der Waals surface area contributed by atoms with Gasteiger partial charge in [-0.2, -0.15) is 5.10 Å². The van der Waals surface area contributed by atoms with E-state index in [1.54, 1.807) is 35.6 Å². The monoisotopic (exact) mass is 835 g/mol. The van der Waals surface area contributed by atoms with E-state index in [1.807, 2.05) is 35.1 Å². The highest BCUT2D eigenvalue weighted by Crippen LogP contribution is 2.39. The molecule has 4 aliphatic rings. The Morgan fingerprint density at radius 1 is 0.814 bits per heavy atom. The summed E-state index contributed by atoms with van der Waals surface area (Å²) in [5.41, 5.74) is 5.61. The zero-order valence-electron chi connectivity index (χ0n) is 32.8. The second-order valence-corrected chi connectivity index (χ2v) is 16.9. The number of hydrogen-bond acceptors (Lipinski definition) is 11. The first-order valence-corrected chi connectivity index (χ1v) is 21.6. The van der Waals surface area contributed by atoms with Crippen molar-refractivity contribution >= 4 is 58.6 Å². The number of aromatic nitrogens is 4. The predicted octanol–water partition coefficient (Wildman–Crippen LogP) is 7.34. The van der Waals surface area contributed by atoms with Crippen molar-refractivity contribution < 1.29 is 14.0 Å². The van der Waals surface area contributed by atoms with Crippen molar-refractivity contribution in [3.8, 4) is 28.1 Å². The Kier molecular flexibility index (Phi) is 11.7. The number of hydrogen-bond donors (Lipinski definition) is 2. The fourth-order valence-corrected chi connectivity index (χ4v) is 9.46. The van der Waals surface area contributed by atoms with E-state index in [1.165, 1.54) is 17.8 Å². The highest BCUT2D eigenvalue weighted by Gasteiger charge is 2.27. The van der Waals surface area contributed by atoms with E-state index in [0.29, 0.717) is 52.1 Å². The molecule has 4 aliphatic heterocycles. The van der Waals surface area contributed by atoms with Crippen molar-refractivity contribution in [1.29, 1.82) is 0 Å². The first-order chi connectivity index (χ1) is 28.8. The molecule has 0 aliphatic carbocycles. The van der Waals surface area contributed by atoms with Crippen LogP contribution in [0.2, 0.25) is 5.02 Å². The van der Waals surface area contributed by atoms with Crippen LogP contribution in [-0.4, -0.2) is 106 Å². The molecule has 0 atom stereocenters. The molecular weight excluding hydrogens is 789 g/mol. The van der Waals surface area contributed by atoms with Crippen LogP contribution in [0.5, 0.6) is 0 Å². The van der Waals surface area contributed by atoms with Crippen molar-refractivity contribution in [3.63, 3.8) is 0 Å². The minimum absolute atomic E-state index is 0.241. The molecule has 59 heavy (non-hydrogen) atoms. The first kappa shape index (κ1) is 39.3. The zero-order valence-corrected chi connectivity index (χ0v) is 34.3. The van der Waals surface area contributed by atoms with Crippen LogP contribution in [0.4, 0.5) is 32.1 Å². The Labute approximate surface area is 352 Å². The Bertz CT molecular complexity index is 2260. The summed E-state index contributed by atoms with van der Waals surface area (Å²) in [5, 5.41) is 7.80. The molecule has 5 aromatic rings. The number of piperidine rings is 1. The number of carbonyl (C=O) groups excluding carboxylic acids is 2. The van der Waals surface area contributed by atoms with Gasteiger partial charge in [-0.05, 0) is 92.3 Å². The minimum atomic E-state index is -0.393. The number of piperazine rings is 1. The predicted molar refractivity (Wildman–Crippen MR) is 233 cm³/mol. The third kappa shape index (κ3) is 8.88. The molecule has 16 heteroatoms. The standard InChI is InChI=1S/C43H47ClFN11O2S/c44-32-25-36(41(45)38(26-32)50-59-54-16-1-2-17-54)37-29-56(49-42(37)31-9-14-46-15-10-31)34-5-3-33(4-6-34)52-23-21-51(22-24-52)28-30-11-18-53(19-12-30)39-8-7-35(27-47-39)55-20-13-40(57)48-43(55)58/h3-10,14-15,25-27,29-30,50H,1-2,11-13,16-24,28H2,(H,48,57,58). The Balaban J connectivity index is 0.808. The second-order valence-electron chi connectivity index (χ2n) is 15.6. The number of anilines is 4. The molecule has 306 valence electrons. The van der Waals surface area contributed by atoms with Crippen LogP contribution < -0.4 is 24.7 Å². The van der Waals surface area contributed by atoms with E-state index >= 15 is 4.39 Å². The number of benzene rings is 2. The van der Waals surface area contributed by atoms with Crippen LogP contribution in [0.1, 0.15) is 32.1 Å². The fourth-order valence-electron chi connectivity index (χ4n) is 8.43. The summed E-state index contributed by atoms with van der Waals surface area (Å²) in [6, 6.07) is 19.0. The second kappa shape index (κ2) is 17.6. The summed E-state index contributed by atoms with van der Waals surface area (Å²) < 4.78 is 23.5. The van der Waals surface area contributed by atoms with Gasteiger partial charge in [0.05, 0.1) is 23.3 Å². The van der Waals surface area contributed by atoms with Crippen LogP contribution in [0, 0.1) is 11.7 Å². The lowest BCUT2D eigenvalue weighted by Crippen LogP contribution is -2.49. The van der Waals surface area contributed by atoms with Gasteiger partial charge < -0.3 is 14.5 Å². The van der Waals surface area contributed by atoms with Gasteiger partial charge in [0, 0.05) is 130 Å². The van der Waals surface area contributed by atoms with E-state index in [-0.39, 0.29) is 11.7 Å². The lowest BCUT2D eigenvalue weighted by molar-refractivity contribution is -0.120. The molecule has 0 unspecified atom stereocenters. The lowest BCUT2D eigenvalue weighted by atomic mass is 9.96. The molecule has 2 N–H and O–H groups in total. The van der Waals surface area contributed by atoms with Gasteiger partial charge in [0.15, 0.2) is 5.82 Å². The number of halogens is 2. The molecule has 0 radical (unpaired) electrons. The molecule has 3 aromatic heterocycles. The van der Waals surface area contributed by atoms with Gasteiger partial charge in [-0.25, -0.2) is 23.2 Å². The summed E-state index contributed by atoms with van der Waals surface area (Å²) in [6.07, 6.45) is 11.8. The maximum atomic E-state index is 16.3. The molecule has 4 saturated heterocycles. The van der Waals surface area contributed by atoms with Crippen LogP contribution in [-0.2, 0) is 4.79 Å². The van der Waals surface area contributed by atoms with Crippen LogP contribution in [0.3, 0.4) is 0 Å². The quantitative estimate of drug-likeness (QED) is 0.130. The average molecular weight is 836 g/mol. The van der Waals surface area contributed by atoms with E-state index in [9.17, 15) is 9.59 Å². The van der Waals surface area contributed by atoms with Crippen molar-refractivity contribution in [3.05, 3.63) is 96.3 Å². The topological polar surface area (TPSA) is 118 Å². The molecule has 0 spiro atoms. The maximum Gasteiger partial charge on any atom is 0.328 e. The summed E-state index contributed by atoms with van der Waals surface area (Å²) in [4.78, 5) is 41.5. The number of nitrogens with zero attached hydrogens (tertiary/aromatic N) is 9. The minimum Gasteiger partial charge on any atom is -0.369 e. The van der Waals surface area contributed by atoms with Crippen molar-refractivity contribution in [1.82, 2.24) is 34.3 Å².